The second kappa shape index (κ2) is 9.35. The largest absolute Gasteiger partial charge is 0.463 e. The number of carbonyl (C=O) groups excluding carboxylic acids is 1. The van der Waals surface area contributed by atoms with Crippen LogP contribution in [0.5, 0.6) is 11.5 Å². The molecule has 0 aromatic heterocycles. The van der Waals surface area contributed by atoms with Crippen molar-refractivity contribution in [1.82, 2.24) is 4.90 Å². The van der Waals surface area contributed by atoms with Gasteiger partial charge in [-0.3, -0.25) is 4.79 Å². The van der Waals surface area contributed by atoms with Crippen molar-refractivity contribution in [3.05, 3.63) is 54.6 Å². The Hall–Kier alpha value is -1.98. The van der Waals surface area contributed by atoms with E-state index in [1.165, 1.54) is 11.8 Å². The lowest BCUT2D eigenvalue weighted by Gasteiger charge is -2.14. The number of carbonyl (C=O) groups is 1. The van der Waals surface area contributed by atoms with Crippen LogP contribution < -0.4 is 4.74 Å². The molecule has 0 aliphatic heterocycles. The average Bonchev–Trinajstić information content (AvgIpc) is 2.55. The van der Waals surface area contributed by atoms with Gasteiger partial charge in [0, 0.05) is 11.4 Å². The van der Waals surface area contributed by atoms with Crippen molar-refractivity contribution in [2.75, 3.05) is 27.2 Å². The lowest BCUT2D eigenvalue weighted by molar-refractivity contribution is -0.142. The molecule has 0 bridgehead atoms. The average molecular weight is 345 g/mol. The Kier molecular flexibility index (Phi) is 7.15. The summed E-state index contributed by atoms with van der Waals surface area (Å²) in [5.74, 6) is 1.34. The van der Waals surface area contributed by atoms with E-state index >= 15 is 0 Å². The van der Waals surface area contributed by atoms with Crippen LogP contribution in [0, 0.1) is 0 Å². The van der Waals surface area contributed by atoms with Gasteiger partial charge in [0.1, 0.15) is 23.4 Å². The number of likely N-dealkylation sites (N-methyl/N-ethyl adjacent to an activating group) is 1. The highest BCUT2D eigenvalue weighted by Crippen LogP contribution is 2.29. The molecule has 0 aliphatic rings. The van der Waals surface area contributed by atoms with Crippen LogP contribution >= 0.6 is 11.8 Å². The van der Waals surface area contributed by atoms with Gasteiger partial charge in [0.05, 0.1) is 0 Å². The number of para-hydroxylation sites is 1. The minimum absolute atomic E-state index is 0.198. The molecule has 2 aromatic rings. The number of nitrogens with zero attached hydrogens (tertiary/aromatic N) is 1. The van der Waals surface area contributed by atoms with Crippen molar-refractivity contribution >= 4 is 17.7 Å². The highest BCUT2D eigenvalue weighted by atomic mass is 32.2. The quantitative estimate of drug-likeness (QED) is 0.533. The molecule has 0 N–H and O–H groups in total. The molecule has 2 aromatic carbocycles. The summed E-state index contributed by atoms with van der Waals surface area (Å²) in [7, 11) is 3.90. The first kappa shape index (κ1) is 18.4. The fourth-order valence-corrected chi connectivity index (χ4v) is 2.85. The maximum atomic E-state index is 12.0. The number of ether oxygens (including phenoxy) is 2. The summed E-state index contributed by atoms with van der Waals surface area (Å²) in [4.78, 5) is 15.0. The molecule has 5 heteroatoms. The lowest BCUT2D eigenvalue weighted by Crippen LogP contribution is -2.23. The van der Waals surface area contributed by atoms with Crippen molar-refractivity contribution in [1.29, 1.82) is 0 Å². The Bertz CT molecular complexity index is 646. The van der Waals surface area contributed by atoms with E-state index in [-0.39, 0.29) is 11.2 Å². The minimum Gasteiger partial charge on any atom is -0.463 e. The van der Waals surface area contributed by atoms with Gasteiger partial charge in [-0.15, -0.1) is 11.8 Å². The van der Waals surface area contributed by atoms with Crippen molar-refractivity contribution < 1.29 is 14.3 Å². The third-order valence-corrected chi connectivity index (χ3v) is 4.28. The summed E-state index contributed by atoms with van der Waals surface area (Å²) in [5.41, 5.74) is 0. The molecule has 1 unspecified atom stereocenters. The van der Waals surface area contributed by atoms with Gasteiger partial charge in [-0.1, -0.05) is 24.3 Å². The summed E-state index contributed by atoms with van der Waals surface area (Å²) < 4.78 is 11.1. The number of rotatable bonds is 8. The van der Waals surface area contributed by atoms with Crippen LogP contribution in [0.3, 0.4) is 0 Å². The van der Waals surface area contributed by atoms with Crippen LogP contribution in [0.15, 0.2) is 59.5 Å². The zero-order valence-corrected chi connectivity index (χ0v) is 15.1. The normalized spacial score (nSPS) is 12.0. The molecular weight excluding hydrogens is 322 g/mol. The molecular formula is C19H23NO3S. The minimum atomic E-state index is -0.265. The molecule has 2 rings (SSSR count). The van der Waals surface area contributed by atoms with Crippen molar-refractivity contribution in [3.8, 4) is 11.5 Å². The Morgan fingerprint density at radius 2 is 1.79 bits per heavy atom. The van der Waals surface area contributed by atoms with E-state index in [0.717, 1.165) is 22.9 Å². The Labute approximate surface area is 147 Å². The predicted molar refractivity (Wildman–Crippen MR) is 97.8 cm³/mol. The molecule has 0 amide bonds. The third-order valence-electron chi connectivity index (χ3n) is 3.21. The van der Waals surface area contributed by atoms with Crippen molar-refractivity contribution in [2.24, 2.45) is 0 Å². The smallest absolute Gasteiger partial charge is 0.319 e. The Morgan fingerprint density at radius 1 is 1.08 bits per heavy atom. The SMILES string of the molecule is CC(Sc1cccc(Oc2ccccc2)c1)C(=O)OCCN(C)C. The molecule has 0 fully saturated rings. The third kappa shape index (κ3) is 6.26. The maximum absolute atomic E-state index is 12.0. The van der Waals surface area contributed by atoms with E-state index < -0.39 is 0 Å². The van der Waals surface area contributed by atoms with Gasteiger partial charge in [-0.25, -0.2) is 0 Å². The van der Waals surface area contributed by atoms with Crippen LogP contribution in [0.2, 0.25) is 0 Å². The fraction of sp³-hybridized carbons (Fsp3) is 0.316. The van der Waals surface area contributed by atoms with E-state index in [9.17, 15) is 4.79 Å². The first-order chi connectivity index (χ1) is 11.5. The lowest BCUT2D eigenvalue weighted by atomic mass is 10.3. The summed E-state index contributed by atoms with van der Waals surface area (Å²) in [6.07, 6.45) is 0. The Morgan fingerprint density at radius 3 is 2.50 bits per heavy atom. The van der Waals surface area contributed by atoms with E-state index in [1.807, 2.05) is 80.5 Å². The first-order valence-electron chi connectivity index (χ1n) is 7.85. The second-order valence-corrected chi connectivity index (χ2v) is 7.04. The standard InChI is InChI=1S/C19H23NO3S/c1-15(19(21)22-13-12-20(2)3)24-18-11-7-10-17(14-18)23-16-8-5-4-6-9-16/h4-11,14-15H,12-13H2,1-3H3. The second-order valence-electron chi connectivity index (χ2n) is 5.62. The van der Waals surface area contributed by atoms with Gasteiger partial charge in [0.2, 0.25) is 0 Å². The molecule has 0 saturated carbocycles. The van der Waals surface area contributed by atoms with Crippen molar-refractivity contribution in [2.45, 2.75) is 17.1 Å². The number of esters is 1. The zero-order valence-electron chi connectivity index (χ0n) is 14.3. The molecule has 0 radical (unpaired) electrons. The van der Waals surface area contributed by atoms with E-state index in [0.29, 0.717) is 6.61 Å². The monoisotopic (exact) mass is 345 g/mol. The molecule has 1 atom stereocenters. The zero-order chi connectivity index (χ0) is 17.4. The molecule has 0 heterocycles. The number of hydrogen-bond donors (Lipinski definition) is 0. The topological polar surface area (TPSA) is 38.8 Å². The predicted octanol–water partition coefficient (Wildman–Crippen LogP) is 4.06. The van der Waals surface area contributed by atoms with Gasteiger partial charge in [-0.2, -0.15) is 0 Å². The van der Waals surface area contributed by atoms with Gasteiger partial charge < -0.3 is 14.4 Å². The first-order valence-corrected chi connectivity index (χ1v) is 8.73. The fourth-order valence-electron chi connectivity index (χ4n) is 1.93. The van der Waals surface area contributed by atoms with E-state index in [2.05, 4.69) is 0 Å². The van der Waals surface area contributed by atoms with Crippen LogP contribution in [0.1, 0.15) is 6.92 Å². The Balaban J connectivity index is 1.90. The summed E-state index contributed by atoms with van der Waals surface area (Å²) in [6, 6.07) is 17.3. The van der Waals surface area contributed by atoms with Gasteiger partial charge >= 0.3 is 5.97 Å². The summed E-state index contributed by atoms with van der Waals surface area (Å²) >= 11 is 1.47. The van der Waals surface area contributed by atoms with Gasteiger partial charge in [-0.05, 0) is 51.4 Å². The number of benzene rings is 2. The number of hydrogen-bond acceptors (Lipinski definition) is 5. The number of thioether (sulfide) groups is 1. The van der Waals surface area contributed by atoms with Gasteiger partial charge in [0.25, 0.3) is 0 Å². The van der Waals surface area contributed by atoms with E-state index in [1.54, 1.807) is 0 Å². The highest BCUT2D eigenvalue weighted by molar-refractivity contribution is 8.00. The summed E-state index contributed by atoms with van der Waals surface area (Å²) in [6.45, 7) is 2.99. The summed E-state index contributed by atoms with van der Waals surface area (Å²) in [5, 5.41) is -0.265. The van der Waals surface area contributed by atoms with Crippen LogP contribution in [-0.4, -0.2) is 43.4 Å². The molecule has 128 valence electrons. The van der Waals surface area contributed by atoms with E-state index in [4.69, 9.17) is 9.47 Å². The molecule has 0 saturated heterocycles. The van der Waals surface area contributed by atoms with Crippen molar-refractivity contribution in [3.63, 3.8) is 0 Å². The van der Waals surface area contributed by atoms with Crippen LogP contribution in [-0.2, 0) is 9.53 Å². The maximum Gasteiger partial charge on any atom is 0.319 e. The molecule has 24 heavy (non-hydrogen) atoms. The van der Waals surface area contributed by atoms with Gasteiger partial charge in [0.15, 0.2) is 0 Å². The molecule has 0 spiro atoms. The molecule has 0 aliphatic carbocycles. The molecule has 4 nitrogen and oxygen atoms in total. The highest BCUT2D eigenvalue weighted by Gasteiger charge is 2.16. The van der Waals surface area contributed by atoms with Crippen LogP contribution in [0.4, 0.5) is 0 Å². The van der Waals surface area contributed by atoms with Crippen LogP contribution in [0.25, 0.3) is 0 Å².